The van der Waals surface area contributed by atoms with Crippen LogP contribution < -0.4 is 10.2 Å². The van der Waals surface area contributed by atoms with E-state index < -0.39 is 14.8 Å². The molecule has 1 saturated heterocycles. The molecule has 1 aromatic carbocycles. The Morgan fingerprint density at radius 1 is 1.09 bits per heavy atom. The van der Waals surface area contributed by atoms with E-state index >= 15 is 0 Å². The fourth-order valence-corrected chi connectivity index (χ4v) is 5.32. The summed E-state index contributed by atoms with van der Waals surface area (Å²) >= 11 is 1.79. The third-order valence-corrected chi connectivity index (χ3v) is 7.70. The van der Waals surface area contributed by atoms with Crippen LogP contribution in [0.1, 0.15) is 12.8 Å². The molecule has 1 fully saturated rings. The molecule has 0 atom stereocenters. The Labute approximate surface area is 195 Å². The van der Waals surface area contributed by atoms with E-state index in [4.69, 9.17) is 0 Å². The van der Waals surface area contributed by atoms with E-state index in [0.717, 1.165) is 24.0 Å². The summed E-state index contributed by atoms with van der Waals surface area (Å²) in [4.78, 5) is 27.0. The van der Waals surface area contributed by atoms with Crippen LogP contribution in [0.3, 0.4) is 0 Å². The molecule has 0 radical (unpaired) electrons. The molecule has 0 bridgehead atoms. The number of hydrogen-bond acceptors (Lipinski definition) is 10. The first kappa shape index (κ1) is 22.9. The summed E-state index contributed by atoms with van der Waals surface area (Å²) in [5.41, 5.74) is 0.285. The minimum absolute atomic E-state index is 0.0605. The van der Waals surface area contributed by atoms with Gasteiger partial charge in [0.05, 0.1) is 9.82 Å². The van der Waals surface area contributed by atoms with Crippen molar-refractivity contribution in [2.24, 2.45) is 0 Å². The number of aromatic nitrogens is 3. The highest BCUT2D eigenvalue weighted by Crippen LogP contribution is 2.37. The smallest absolute Gasteiger partial charge is 0.351 e. The van der Waals surface area contributed by atoms with Crippen LogP contribution in [0.25, 0.3) is 0 Å². The van der Waals surface area contributed by atoms with Crippen molar-refractivity contribution in [3.8, 4) is 0 Å². The highest BCUT2D eigenvalue weighted by molar-refractivity contribution is 8.00. The number of hydrogen-bond donors (Lipinski definition) is 1. The molecule has 3 aromatic rings. The van der Waals surface area contributed by atoms with E-state index in [1.54, 1.807) is 36.3 Å². The van der Waals surface area contributed by atoms with Gasteiger partial charge in [0.2, 0.25) is 11.6 Å². The maximum absolute atomic E-state index is 11.9. The monoisotopic (exact) mass is 486 g/mol. The standard InChI is InChI=1S/C21H22N6O4S2/c1-33(30,31)18-4-2-15(3-5-18)25-20-19(27(28)29)21(24-14-23-20)26-12-8-17(9-13-26)32-16-6-10-22-11-7-16/h2-7,10-11,14,17H,8-9,12-13H2,1H3,(H,23,24,25). The number of piperidine rings is 1. The minimum Gasteiger partial charge on any atom is -0.351 e. The van der Waals surface area contributed by atoms with E-state index in [2.05, 4.69) is 20.3 Å². The molecule has 0 spiro atoms. The van der Waals surface area contributed by atoms with Gasteiger partial charge < -0.3 is 10.2 Å². The van der Waals surface area contributed by atoms with Gasteiger partial charge in [0, 0.05) is 47.6 Å². The van der Waals surface area contributed by atoms with Crippen LogP contribution >= 0.6 is 11.8 Å². The second-order valence-corrected chi connectivity index (χ2v) is 10.9. The fraction of sp³-hybridized carbons (Fsp3) is 0.286. The van der Waals surface area contributed by atoms with Crippen molar-refractivity contribution in [1.29, 1.82) is 0 Å². The molecule has 0 aliphatic carbocycles. The first-order valence-electron chi connectivity index (χ1n) is 10.2. The summed E-state index contributed by atoms with van der Waals surface area (Å²) in [5.74, 6) is 0.336. The number of nitrogens with zero attached hydrogens (tertiary/aromatic N) is 5. The largest absolute Gasteiger partial charge is 0.353 e. The van der Waals surface area contributed by atoms with E-state index in [0.29, 0.717) is 24.0 Å². The van der Waals surface area contributed by atoms with Crippen LogP contribution in [0.2, 0.25) is 0 Å². The van der Waals surface area contributed by atoms with E-state index in [1.165, 1.54) is 18.5 Å². The Morgan fingerprint density at radius 3 is 2.36 bits per heavy atom. The number of nitrogens with one attached hydrogen (secondary N) is 1. The fourth-order valence-electron chi connectivity index (χ4n) is 3.58. The van der Waals surface area contributed by atoms with Crippen LogP contribution in [0.4, 0.5) is 23.0 Å². The molecule has 1 aliphatic rings. The maximum atomic E-state index is 11.9. The van der Waals surface area contributed by atoms with Gasteiger partial charge in [-0.25, -0.2) is 18.4 Å². The molecular weight excluding hydrogens is 464 g/mol. The lowest BCUT2D eigenvalue weighted by Crippen LogP contribution is -2.35. The topological polar surface area (TPSA) is 131 Å². The Hall–Kier alpha value is -3.25. The lowest BCUT2D eigenvalue weighted by Gasteiger charge is -2.32. The van der Waals surface area contributed by atoms with Crippen molar-refractivity contribution in [2.75, 3.05) is 29.6 Å². The molecule has 3 heterocycles. The summed E-state index contributed by atoms with van der Waals surface area (Å²) < 4.78 is 23.3. The molecule has 172 valence electrons. The average Bonchev–Trinajstić information content (AvgIpc) is 2.80. The molecule has 10 nitrogen and oxygen atoms in total. The zero-order chi connectivity index (χ0) is 23.4. The van der Waals surface area contributed by atoms with Crippen molar-refractivity contribution in [3.63, 3.8) is 0 Å². The van der Waals surface area contributed by atoms with Gasteiger partial charge in [-0.05, 0) is 49.2 Å². The Morgan fingerprint density at radius 2 is 1.76 bits per heavy atom. The molecule has 12 heteroatoms. The van der Waals surface area contributed by atoms with Crippen LogP contribution in [-0.2, 0) is 9.84 Å². The lowest BCUT2D eigenvalue weighted by molar-refractivity contribution is -0.383. The zero-order valence-corrected chi connectivity index (χ0v) is 19.4. The van der Waals surface area contributed by atoms with E-state index in [9.17, 15) is 18.5 Å². The molecule has 4 rings (SSSR count). The molecule has 0 saturated carbocycles. The maximum Gasteiger partial charge on any atom is 0.353 e. The SMILES string of the molecule is CS(=O)(=O)c1ccc(Nc2ncnc(N3CCC(Sc4ccncc4)CC3)c2[N+](=O)[O-])cc1. The van der Waals surface area contributed by atoms with Crippen LogP contribution in [0.15, 0.2) is 64.9 Å². The van der Waals surface area contributed by atoms with Gasteiger partial charge in [0.15, 0.2) is 9.84 Å². The Bertz CT molecular complexity index is 1230. The zero-order valence-electron chi connectivity index (χ0n) is 17.8. The predicted molar refractivity (Wildman–Crippen MR) is 127 cm³/mol. The van der Waals surface area contributed by atoms with E-state index in [-0.39, 0.29) is 22.2 Å². The third-order valence-electron chi connectivity index (χ3n) is 5.22. The number of nitro groups is 1. The van der Waals surface area contributed by atoms with Gasteiger partial charge in [-0.2, -0.15) is 0 Å². The van der Waals surface area contributed by atoms with Gasteiger partial charge in [0.25, 0.3) is 0 Å². The van der Waals surface area contributed by atoms with Crippen LogP contribution in [-0.4, -0.2) is 52.9 Å². The second kappa shape index (κ2) is 9.71. The summed E-state index contributed by atoms with van der Waals surface area (Å²) in [5, 5.41) is 15.3. The summed E-state index contributed by atoms with van der Waals surface area (Å²) in [6, 6.07) is 9.93. The number of thioether (sulfide) groups is 1. The molecule has 33 heavy (non-hydrogen) atoms. The lowest BCUT2D eigenvalue weighted by atomic mass is 10.1. The molecular formula is C21H22N6O4S2. The van der Waals surface area contributed by atoms with Gasteiger partial charge in [-0.3, -0.25) is 15.1 Å². The van der Waals surface area contributed by atoms with Gasteiger partial charge in [0.1, 0.15) is 6.33 Å². The number of rotatable bonds is 7. The first-order chi connectivity index (χ1) is 15.8. The quantitative estimate of drug-likeness (QED) is 0.389. The van der Waals surface area contributed by atoms with Crippen molar-refractivity contribution < 1.29 is 13.3 Å². The van der Waals surface area contributed by atoms with Crippen LogP contribution in [0, 0.1) is 10.1 Å². The van der Waals surface area contributed by atoms with Crippen molar-refractivity contribution in [2.45, 2.75) is 27.9 Å². The highest BCUT2D eigenvalue weighted by atomic mass is 32.2. The van der Waals surface area contributed by atoms with E-state index in [1.807, 2.05) is 17.0 Å². The number of anilines is 3. The van der Waals surface area contributed by atoms with Crippen molar-refractivity contribution in [3.05, 3.63) is 65.2 Å². The normalized spacial score (nSPS) is 14.8. The average molecular weight is 487 g/mol. The molecule has 1 N–H and O–H groups in total. The van der Waals surface area contributed by atoms with Crippen LogP contribution in [0.5, 0.6) is 0 Å². The Kier molecular flexibility index (Phi) is 6.75. The van der Waals surface area contributed by atoms with Gasteiger partial charge in [-0.15, -0.1) is 11.8 Å². The first-order valence-corrected chi connectivity index (χ1v) is 13.0. The molecule has 2 aromatic heterocycles. The molecule has 0 unspecified atom stereocenters. The minimum atomic E-state index is -3.33. The van der Waals surface area contributed by atoms with Gasteiger partial charge in [-0.1, -0.05) is 0 Å². The Balaban J connectivity index is 1.50. The number of benzene rings is 1. The van der Waals surface area contributed by atoms with Gasteiger partial charge >= 0.3 is 5.69 Å². The second-order valence-electron chi connectivity index (χ2n) is 7.56. The highest BCUT2D eigenvalue weighted by Gasteiger charge is 2.30. The number of sulfone groups is 1. The van der Waals surface area contributed by atoms with Crippen molar-refractivity contribution in [1.82, 2.24) is 15.0 Å². The number of pyridine rings is 1. The summed E-state index contributed by atoms with van der Waals surface area (Å²) in [6.07, 6.45) is 7.69. The molecule has 1 aliphatic heterocycles. The molecule has 0 amide bonds. The van der Waals surface area contributed by atoms with Crippen molar-refractivity contribution >= 4 is 44.6 Å². The predicted octanol–water partition coefficient (Wildman–Crippen LogP) is 3.69. The third kappa shape index (κ3) is 5.57. The summed E-state index contributed by atoms with van der Waals surface area (Å²) in [7, 11) is -3.33. The summed E-state index contributed by atoms with van der Waals surface area (Å²) in [6.45, 7) is 1.28.